The molecule has 1 aromatic heterocycles. The van der Waals surface area contributed by atoms with Crippen molar-refractivity contribution in [2.45, 2.75) is 32.9 Å². The quantitative estimate of drug-likeness (QED) is 0.837. The third kappa shape index (κ3) is 4.60. The lowest BCUT2D eigenvalue weighted by molar-refractivity contribution is 0.428. The second-order valence-electron chi connectivity index (χ2n) is 5.03. The first-order chi connectivity index (χ1) is 9.15. The third-order valence-corrected chi connectivity index (χ3v) is 4.05. The minimum Gasteiger partial charge on any atom is -0.304 e. The standard InChI is InChI=1S/C15H19ClN2S/c1-11(2)8-13(12-6-4-3-5-7-12)17-10-15-18-9-14(16)19-15/h3-7,9,11,13,17H,8,10H2,1-2H3. The van der Waals surface area contributed by atoms with Gasteiger partial charge in [-0.1, -0.05) is 55.8 Å². The van der Waals surface area contributed by atoms with Crippen molar-refractivity contribution in [1.29, 1.82) is 0 Å². The maximum Gasteiger partial charge on any atom is 0.113 e. The lowest BCUT2D eigenvalue weighted by atomic mass is 9.97. The SMILES string of the molecule is CC(C)CC(NCc1ncc(Cl)s1)c1ccccc1. The van der Waals surface area contributed by atoms with Crippen molar-refractivity contribution < 1.29 is 0 Å². The van der Waals surface area contributed by atoms with E-state index in [1.165, 1.54) is 16.9 Å². The van der Waals surface area contributed by atoms with E-state index < -0.39 is 0 Å². The van der Waals surface area contributed by atoms with Crippen LogP contribution in [0.15, 0.2) is 36.5 Å². The van der Waals surface area contributed by atoms with Gasteiger partial charge >= 0.3 is 0 Å². The first-order valence-corrected chi connectivity index (χ1v) is 7.73. The van der Waals surface area contributed by atoms with Gasteiger partial charge in [0.2, 0.25) is 0 Å². The van der Waals surface area contributed by atoms with Crippen LogP contribution in [0.5, 0.6) is 0 Å². The van der Waals surface area contributed by atoms with Crippen LogP contribution in [0.3, 0.4) is 0 Å². The number of thiazole rings is 1. The molecule has 1 aromatic carbocycles. The van der Waals surface area contributed by atoms with Gasteiger partial charge in [-0.2, -0.15) is 0 Å². The van der Waals surface area contributed by atoms with E-state index in [9.17, 15) is 0 Å². The summed E-state index contributed by atoms with van der Waals surface area (Å²) in [4.78, 5) is 4.28. The molecule has 0 spiro atoms. The highest BCUT2D eigenvalue weighted by atomic mass is 35.5. The van der Waals surface area contributed by atoms with Crippen LogP contribution in [0, 0.1) is 5.92 Å². The number of rotatable bonds is 6. The van der Waals surface area contributed by atoms with E-state index in [0.717, 1.165) is 22.3 Å². The van der Waals surface area contributed by atoms with E-state index >= 15 is 0 Å². The molecule has 1 atom stereocenters. The van der Waals surface area contributed by atoms with Crippen LogP contribution in [0.1, 0.15) is 36.9 Å². The molecule has 0 fully saturated rings. The van der Waals surface area contributed by atoms with E-state index in [-0.39, 0.29) is 0 Å². The van der Waals surface area contributed by atoms with Gasteiger partial charge in [0.05, 0.1) is 6.20 Å². The number of nitrogens with zero attached hydrogens (tertiary/aromatic N) is 1. The second-order valence-corrected chi connectivity index (χ2v) is 6.78. The molecule has 0 aliphatic rings. The highest BCUT2D eigenvalue weighted by Crippen LogP contribution is 2.23. The highest BCUT2D eigenvalue weighted by molar-refractivity contribution is 7.15. The van der Waals surface area contributed by atoms with Gasteiger partial charge in [-0.05, 0) is 17.9 Å². The van der Waals surface area contributed by atoms with Crippen molar-refractivity contribution >= 4 is 22.9 Å². The molecule has 102 valence electrons. The molecule has 1 N–H and O–H groups in total. The smallest absolute Gasteiger partial charge is 0.113 e. The minimum absolute atomic E-state index is 0.365. The zero-order valence-corrected chi connectivity index (χ0v) is 12.8. The van der Waals surface area contributed by atoms with Crippen LogP contribution >= 0.6 is 22.9 Å². The fourth-order valence-corrected chi connectivity index (χ4v) is 2.98. The zero-order valence-electron chi connectivity index (χ0n) is 11.3. The Morgan fingerprint density at radius 2 is 2.00 bits per heavy atom. The van der Waals surface area contributed by atoms with Crippen LogP contribution < -0.4 is 5.32 Å². The van der Waals surface area contributed by atoms with Gasteiger partial charge in [0.25, 0.3) is 0 Å². The average molecular weight is 295 g/mol. The molecule has 19 heavy (non-hydrogen) atoms. The Morgan fingerprint density at radius 1 is 1.26 bits per heavy atom. The molecule has 0 amide bonds. The summed E-state index contributed by atoms with van der Waals surface area (Å²) in [5.74, 6) is 0.651. The molecule has 4 heteroatoms. The predicted molar refractivity (Wildman–Crippen MR) is 82.6 cm³/mol. The first kappa shape index (κ1) is 14.5. The summed E-state index contributed by atoms with van der Waals surface area (Å²) in [6, 6.07) is 10.9. The Morgan fingerprint density at radius 3 is 2.58 bits per heavy atom. The molecule has 1 unspecified atom stereocenters. The van der Waals surface area contributed by atoms with Crippen molar-refractivity contribution in [3.05, 3.63) is 51.4 Å². The minimum atomic E-state index is 0.365. The van der Waals surface area contributed by atoms with Gasteiger partial charge in [0.15, 0.2) is 0 Å². The molecule has 0 bridgehead atoms. The van der Waals surface area contributed by atoms with Gasteiger partial charge in [0.1, 0.15) is 9.34 Å². The zero-order chi connectivity index (χ0) is 13.7. The van der Waals surface area contributed by atoms with Crippen molar-refractivity contribution in [2.75, 3.05) is 0 Å². The van der Waals surface area contributed by atoms with Crippen LogP contribution in [0.4, 0.5) is 0 Å². The number of halogens is 1. The third-order valence-electron chi connectivity index (χ3n) is 2.93. The molecule has 2 aromatic rings. The maximum absolute atomic E-state index is 5.91. The van der Waals surface area contributed by atoms with Crippen molar-refractivity contribution in [1.82, 2.24) is 10.3 Å². The largest absolute Gasteiger partial charge is 0.304 e. The Kier molecular flexibility index (Phi) is 5.37. The first-order valence-electron chi connectivity index (χ1n) is 6.53. The van der Waals surface area contributed by atoms with Crippen molar-refractivity contribution in [3.8, 4) is 0 Å². The Bertz CT molecular complexity index is 496. The molecular weight excluding hydrogens is 276 g/mol. The van der Waals surface area contributed by atoms with Gasteiger partial charge in [0, 0.05) is 12.6 Å². The normalized spacial score (nSPS) is 12.8. The summed E-state index contributed by atoms with van der Waals surface area (Å²) in [6.45, 7) is 5.26. The van der Waals surface area contributed by atoms with Crippen LogP contribution in [0.2, 0.25) is 4.34 Å². The maximum atomic E-state index is 5.91. The van der Waals surface area contributed by atoms with Crippen molar-refractivity contribution in [3.63, 3.8) is 0 Å². The Hall–Kier alpha value is -0.900. The highest BCUT2D eigenvalue weighted by Gasteiger charge is 2.13. The predicted octanol–water partition coefficient (Wildman–Crippen LogP) is 4.67. The summed E-state index contributed by atoms with van der Waals surface area (Å²) in [5, 5.41) is 4.62. The monoisotopic (exact) mass is 294 g/mol. The average Bonchev–Trinajstić information content (AvgIpc) is 2.81. The van der Waals surface area contributed by atoms with Gasteiger partial charge in [-0.25, -0.2) is 4.98 Å². The topological polar surface area (TPSA) is 24.9 Å². The molecule has 0 aliphatic heterocycles. The molecule has 0 saturated carbocycles. The van der Waals surface area contributed by atoms with Gasteiger partial charge in [-0.3, -0.25) is 0 Å². The molecule has 2 rings (SSSR count). The lowest BCUT2D eigenvalue weighted by Crippen LogP contribution is -2.22. The molecular formula is C15H19ClN2S. The number of benzene rings is 1. The second kappa shape index (κ2) is 7.04. The van der Waals surface area contributed by atoms with Gasteiger partial charge < -0.3 is 5.32 Å². The molecule has 0 saturated heterocycles. The van der Waals surface area contributed by atoms with Crippen LogP contribution in [0.25, 0.3) is 0 Å². The Balaban J connectivity index is 2.02. The van der Waals surface area contributed by atoms with E-state index in [1.807, 2.05) is 0 Å². The summed E-state index contributed by atoms with van der Waals surface area (Å²) >= 11 is 7.44. The fourth-order valence-electron chi connectivity index (χ4n) is 2.07. The molecule has 2 nitrogen and oxygen atoms in total. The summed E-state index contributed by atoms with van der Waals surface area (Å²) < 4.78 is 0.747. The van der Waals surface area contributed by atoms with E-state index in [2.05, 4.69) is 54.5 Å². The molecule has 0 radical (unpaired) electrons. The van der Waals surface area contributed by atoms with Gasteiger partial charge in [-0.15, -0.1) is 11.3 Å². The van der Waals surface area contributed by atoms with E-state index in [1.54, 1.807) is 6.20 Å². The number of aromatic nitrogens is 1. The van der Waals surface area contributed by atoms with Crippen LogP contribution in [-0.2, 0) is 6.54 Å². The lowest BCUT2D eigenvalue weighted by Gasteiger charge is -2.20. The molecule has 0 aliphatic carbocycles. The summed E-state index contributed by atoms with van der Waals surface area (Å²) in [5.41, 5.74) is 1.33. The van der Waals surface area contributed by atoms with Crippen LogP contribution in [-0.4, -0.2) is 4.98 Å². The van der Waals surface area contributed by atoms with E-state index in [4.69, 9.17) is 11.6 Å². The Labute approximate surface area is 123 Å². The summed E-state index contributed by atoms with van der Waals surface area (Å²) in [7, 11) is 0. The van der Waals surface area contributed by atoms with E-state index in [0.29, 0.717) is 12.0 Å². The number of hydrogen-bond donors (Lipinski definition) is 1. The number of hydrogen-bond acceptors (Lipinski definition) is 3. The fraction of sp³-hybridized carbons (Fsp3) is 0.400. The summed E-state index contributed by atoms with van der Waals surface area (Å²) in [6.07, 6.45) is 2.83. The number of nitrogens with one attached hydrogen (secondary N) is 1. The molecule has 1 heterocycles. The van der Waals surface area contributed by atoms with Crippen molar-refractivity contribution in [2.24, 2.45) is 5.92 Å².